The molecule has 0 bridgehead atoms. The van der Waals surface area contributed by atoms with Gasteiger partial charge < -0.3 is 9.73 Å². The number of pyridine rings is 1. The number of carbonyl (C=O) groups is 1. The summed E-state index contributed by atoms with van der Waals surface area (Å²) in [5.74, 6) is -1.52. The lowest BCUT2D eigenvalue weighted by Gasteiger charge is -2.28. The zero-order valence-electron chi connectivity index (χ0n) is 13.9. The molecule has 0 radical (unpaired) electrons. The van der Waals surface area contributed by atoms with Gasteiger partial charge in [-0.05, 0) is 31.0 Å². The van der Waals surface area contributed by atoms with Gasteiger partial charge in [0.1, 0.15) is 4.92 Å². The lowest BCUT2D eigenvalue weighted by Crippen LogP contribution is -2.39. The second-order valence-corrected chi connectivity index (χ2v) is 8.31. The normalized spacial score (nSPS) is 16.2. The van der Waals surface area contributed by atoms with E-state index in [2.05, 4.69) is 10.3 Å². The van der Waals surface area contributed by atoms with Crippen LogP contribution in [0.5, 0.6) is 0 Å². The summed E-state index contributed by atoms with van der Waals surface area (Å²) in [6, 6.07) is 4.89. The fraction of sp³-hybridized carbons (Fsp3) is 0.333. The zero-order chi connectivity index (χ0) is 19.6. The number of hydrogen-bond donors (Lipinski definition) is 1. The van der Waals surface area contributed by atoms with Gasteiger partial charge in [0.2, 0.25) is 0 Å². The molecular weight excluding hydrogens is 400 g/mol. The minimum absolute atomic E-state index is 0.0283. The van der Waals surface area contributed by atoms with Gasteiger partial charge >= 0.3 is 5.88 Å². The van der Waals surface area contributed by atoms with E-state index in [-0.39, 0.29) is 21.9 Å². The highest BCUT2D eigenvalue weighted by atomic mass is 35.5. The van der Waals surface area contributed by atoms with Crippen molar-refractivity contribution in [1.29, 1.82) is 0 Å². The van der Waals surface area contributed by atoms with E-state index in [0.717, 1.165) is 6.07 Å². The minimum atomic E-state index is -3.73. The van der Waals surface area contributed by atoms with E-state index in [1.54, 1.807) is 0 Å². The van der Waals surface area contributed by atoms with Gasteiger partial charge in [0, 0.05) is 18.5 Å². The number of hydrogen-bond acceptors (Lipinski definition) is 7. The van der Waals surface area contributed by atoms with Crippen molar-refractivity contribution in [3.05, 3.63) is 46.3 Å². The van der Waals surface area contributed by atoms with Crippen LogP contribution in [-0.2, 0) is 10.0 Å². The number of rotatable bonds is 5. The van der Waals surface area contributed by atoms with Crippen LogP contribution in [0.1, 0.15) is 23.4 Å². The van der Waals surface area contributed by atoms with Gasteiger partial charge in [-0.3, -0.25) is 14.9 Å². The van der Waals surface area contributed by atoms with Gasteiger partial charge in [-0.1, -0.05) is 0 Å². The zero-order valence-corrected chi connectivity index (χ0v) is 15.4. The first kappa shape index (κ1) is 19.3. The number of piperidine rings is 1. The molecule has 0 aliphatic carbocycles. The highest BCUT2D eigenvalue weighted by Crippen LogP contribution is 2.23. The lowest BCUT2D eigenvalue weighted by molar-refractivity contribution is -0.402. The first-order valence-corrected chi connectivity index (χ1v) is 9.81. The summed E-state index contributed by atoms with van der Waals surface area (Å²) in [7, 11) is -3.73. The van der Waals surface area contributed by atoms with Gasteiger partial charge in [0.25, 0.3) is 15.9 Å². The van der Waals surface area contributed by atoms with Crippen LogP contribution in [0.2, 0.25) is 0 Å². The van der Waals surface area contributed by atoms with Gasteiger partial charge in [-0.15, -0.1) is 11.6 Å². The molecule has 12 heteroatoms. The Bertz CT molecular complexity index is 951. The number of carbonyl (C=O) groups excluding carboxylic acids is 1. The number of sulfonamides is 1. The molecule has 0 aromatic carbocycles. The molecule has 2 aromatic heterocycles. The van der Waals surface area contributed by atoms with E-state index in [1.165, 1.54) is 28.7 Å². The van der Waals surface area contributed by atoms with Crippen molar-refractivity contribution in [3.63, 3.8) is 0 Å². The van der Waals surface area contributed by atoms with Crippen molar-refractivity contribution < 1.29 is 22.6 Å². The smallest absolute Gasteiger partial charge is 0.395 e. The van der Waals surface area contributed by atoms with E-state index in [0.29, 0.717) is 25.9 Å². The molecule has 1 fully saturated rings. The maximum Gasteiger partial charge on any atom is 0.433 e. The Kier molecular flexibility index (Phi) is 5.44. The monoisotopic (exact) mass is 414 g/mol. The molecule has 1 amide bonds. The summed E-state index contributed by atoms with van der Waals surface area (Å²) >= 11 is 5.99. The predicted molar refractivity (Wildman–Crippen MR) is 95.2 cm³/mol. The van der Waals surface area contributed by atoms with E-state index in [4.69, 9.17) is 16.0 Å². The highest BCUT2D eigenvalue weighted by Gasteiger charge is 2.29. The Labute approximate surface area is 159 Å². The third-order valence-corrected chi connectivity index (χ3v) is 6.23. The third kappa shape index (κ3) is 4.26. The van der Waals surface area contributed by atoms with E-state index in [1.807, 2.05) is 0 Å². The van der Waals surface area contributed by atoms with Crippen molar-refractivity contribution in [1.82, 2.24) is 9.29 Å². The van der Waals surface area contributed by atoms with E-state index in [9.17, 15) is 23.3 Å². The number of nitro groups is 1. The maximum absolute atomic E-state index is 12.6. The fourth-order valence-electron chi connectivity index (χ4n) is 2.54. The van der Waals surface area contributed by atoms with E-state index < -0.39 is 26.7 Å². The number of furan rings is 1. The number of aromatic nitrogens is 1. The van der Waals surface area contributed by atoms with Gasteiger partial charge in [0.15, 0.2) is 10.8 Å². The van der Waals surface area contributed by atoms with Gasteiger partial charge in [-0.25, -0.2) is 13.4 Å². The molecule has 1 aliphatic rings. The second-order valence-electron chi connectivity index (χ2n) is 5.81. The largest absolute Gasteiger partial charge is 0.433 e. The number of amides is 1. The standard InChI is InChI=1S/C15H15ClN4O6S/c16-10-5-7-19(8-6-10)27(24,25)13-3-1-11(9-17-13)18-15(21)12-2-4-14(26-12)20(22)23/h1-4,9-10H,5-8H2,(H,18,21). The molecular formula is C15H15ClN4O6S. The van der Waals surface area contributed by atoms with Crippen LogP contribution in [0.25, 0.3) is 0 Å². The van der Waals surface area contributed by atoms with Crippen molar-refractivity contribution in [2.75, 3.05) is 18.4 Å². The van der Waals surface area contributed by atoms with E-state index >= 15 is 0 Å². The molecule has 0 spiro atoms. The third-order valence-electron chi connectivity index (χ3n) is 3.98. The topological polar surface area (TPSA) is 136 Å². The Morgan fingerprint density at radius 1 is 1.30 bits per heavy atom. The number of alkyl halides is 1. The minimum Gasteiger partial charge on any atom is -0.395 e. The first-order chi connectivity index (χ1) is 12.8. The van der Waals surface area contributed by atoms with Gasteiger partial charge in [0.05, 0.1) is 18.0 Å². The molecule has 10 nitrogen and oxygen atoms in total. The fourth-order valence-corrected chi connectivity index (χ4v) is 4.12. The van der Waals surface area contributed by atoms with Crippen LogP contribution >= 0.6 is 11.6 Å². The Morgan fingerprint density at radius 3 is 2.56 bits per heavy atom. The quantitative estimate of drug-likeness (QED) is 0.450. The Balaban J connectivity index is 1.69. The molecule has 1 N–H and O–H groups in total. The maximum atomic E-state index is 12.6. The van der Waals surface area contributed by atoms with Crippen LogP contribution in [-0.4, -0.2) is 47.0 Å². The Morgan fingerprint density at radius 2 is 2.00 bits per heavy atom. The van der Waals surface area contributed by atoms with Crippen LogP contribution in [0.15, 0.2) is 39.9 Å². The summed E-state index contributed by atoms with van der Waals surface area (Å²) in [4.78, 5) is 25.7. The van der Waals surface area contributed by atoms with Crippen molar-refractivity contribution >= 4 is 39.1 Å². The molecule has 0 saturated carbocycles. The average Bonchev–Trinajstić information content (AvgIpc) is 3.13. The molecule has 144 valence electrons. The Hall–Kier alpha value is -2.50. The summed E-state index contributed by atoms with van der Waals surface area (Å²) in [5.41, 5.74) is 0.220. The average molecular weight is 415 g/mol. The molecule has 27 heavy (non-hydrogen) atoms. The molecule has 1 aliphatic heterocycles. The SMILES string of the molecule is O=C(Nc1ccc(S(=O)(=O)N2CCC(Cl)CC2)nc1)c1ccc([N+](=O)[O-])o1. The molecule has 0 atom stereocenters. The van der Waals surface area contributed by atoms with Gasteiger partial charge in [-0.2, -0.15) is 4.31 Å². The second kappa shape index (κ2) is 7.62. The van der Waals surface area contributed by atoms with Crippen LogP contribution in [0.4, 0.5) is 11.6 Å². The first-order valence-electron chi connectivity index (χ1n) is 7.93. The molecule has 2 aromatic rings. The molecule has 1 saturated heterocycles. The van der Waals surface area contributed by atoms with Crippen LogP contribution < -0.4 is 5.32 Å². The van der Waals surface area contributed by atoms with Crippen LogP contribution in [0, 0.1) is 10.1 Å². The molecule has 0 unspecified atom stereocenters. The lowest BCUT2D eigenvalue weighted by atomic mass is 10.2. The predicted octanol–water partition coefficient (Wildman–Crippen LogP) is 2.23. The van der Waals surface area contributed by atoms with Crippen molar-refractivity contribution in [2.45, 2.75) is 23.2 Å². The number of nitrogens with one attached hydrogen (secondary N) is 1. The number of halogens is 1. The van der Waals surface area contributed by atoms with Crippen LogP contribution in [0.3, 0.4) is 0 Å². The summed E-state index contributed by atoms with van der Waals surface area (Å²) < 4.78 is 31.3. The number of anilines is 1. The van der Waals surface area contributed by atoms with Crippen molar-refractivity contribution in [2.24, 2.45) is 0 Å². The molecule has 3 rings (SSSR count). The molecule has 3 heterocycles. The highest BCUT2D eigenvalue weighted by molar-refractivity contribution is 7.89. The number of nitrogens with zero attached hydrogens (tertiary/aromatic N) is 3. The summed E-state index contributed by atoms with van der Waals surface area (Å²) in [6.45, 7) is 0.655. The van der Waals surface area contributed by atoms with Crippen molar-refractivity contribution in [3.8, 4) is 0 Å². The summed E-state index contributed by atoms with van der Waals surface area (Å²) in [6.07, 6.45) is 2.34. The summed E-state index contributed by atoms with van der Waals surface area (Å²) in [5, 5.41) is 12.8.